The summed E-state index contributed by atoms with van der Waals surface area (Å²) in [6.45, 7) is 15.7. The normalized spacial score (nSPS) is 8.88. The van der Waals surface area contributed by atoms with Gasteiger partial charge in [0.15, 0.2) is 0 Å². The number of nitrogens with zero attached hydrogens (tertiary/aromatic N) is 1. The summed E-state index contributed by atoms with van der Waals surface area (Å²) in [6, 6.07) is 0. The Hall–Kier alpha value is -0.890. The van der Waals surface area contributed by atoms with Gasteiger partial charge in [0.2, 0.25) is 0 Å². The highest BCUT2D eigenvalue weighted by molar-refractivity contribution is 7.11. The van der Waals surface area contributed by atoms with E-state index >= 15 is 0 Å². The summed E-state index contributed by atoms with van der Waals surface area (Å²) in [4.78, 5) is 5.72. The molecule has 0 unspecified atom stereocenters. The van der Waals surface area contributed by atoms with Crippen LogP contribution in [0.15, 0.2) is 24.8 Å². The third kappa shape index (κ3) is 8.42. The SMILES string of the molecule is C=C/C=C\C.CC.CCc1nc(C)sc1C. The molecule has 1 heterocycles. The molecule has 0 aliphatic rings. The highest BCUT2D eigenvalue weighted by Crippen LogP contribution is 2.15. The number of hydrogen-bond acceptors (Lipinski definition) is 2. The zero-order valence-corrected chi connectivity index (χ0v) is 12.3. The number of hydrogen-bond donors (Lipinski definition) is 0. The Morgan fingerprint density at radius 1 is 1.31 bits per heavy atom. The fourth-order valence-electron chi connectivity index (χ4n) is 1.04. The molecule has 2 heteroatoms. The van der Waals surface area contributed by atoms with Gasteiger partial charge in [-0.1, -0.05) is 45.6 Å². The van der Waals surface area contributed by atoms with E-state index in [1.165, 1.54) is 15.6 Å². The van der Waals surface area contributed by atoms with E-state index in [0.717, 1.165) is 6.42 Å². The summed E-state index contributed by atoms with van der Waals surface area (Å²) >= 11 is 1.78. The molecule has 0 aliphatic carbocycles. The highest BCUT2D eigenvalue weighted by atomic mass is 32.1. The molecular formula is C14H25NS. The van der Waals surface area contributed by atoms with E-state index in [4.69, 9.17) is 0 Å². The fraction of sp³-hybridized carbons (Fsp3) is 0.500. The lowest BCUT2D eigenvalue weighted by molar-refractivity contribution is 1.03. The van der Waals surface area contributed by atoms with Gasteiger partial charge in [0.25, 0.3) is 0 Å². The van der Waals surface area contributed by atoms with Gasteiger partial charge in [-0.25, -0.2) is 4.98 Å². The van der Waals surface area contributed by atoms with Gasteiger partial charge in [-0.3, -0.25) is 0 Å². The van der Waals surface area contributed by atoms with Crippen LogP contribution in [-0.4, -0.2) is 4.98 Å². The van der Waals surface area contributed by atoms with Crippen molar-refractivity contribution in [3.8, 4) is 0 Å². The predicted molar refractivity (Wildman–Crippen MR) is 77.3 cm³/mol. The molecule has 0 aromatic carbocycles. The van der Waals surface area contributed by atoms with E-state index < -0.39 is 0 Å². The summed E-state index contributed by atoms with van der Waals surface area (Å²) in [5, 5.41) is 1.18. The first-order chi connectivity index (χ1) is 7.65. The van der Waals surface area contributed by atoms with Gasteiger partial charge in [0, 0.05) is 4.88 Å². The Balaban J connectivity index is 0. The molecule has 0 saturated carbocycles. The van der Waals surface area contributed by atoms with E-state index in [-0.39, 0.29) is 0 Å². The molecular weight excluding hydrogens is 214 g/mol. The van der Waals surface area contributed by atoms with Crippen LogP contribution in [0.1, 0.15) is 43.3 Å². The van der Waals surface area contributed by atoms with Gasteiger partial charge in [0.1, 0.15) is 0 Å². The second-order valence-electron chi connectivity index (χ2n) is 2.85. The first-order valence-electron chi connectivity index (χ1n) is 5.82. The van der Waals surface area contributed by atoms with Crippen LogP contribution >= 0.6 is 11.3 Å². The summed E-state index contributed by atoms with van der Waals surface area (Å²) in [6.07, 6.45) is 6.64. The van der Waals surface area contributed by atoms with E-state index in [1.54, 1.807) is 17.4 Å². The molecule has 0 bridgehead atoms. The maximum Gasteiger partial charge on any atom is 0.0900 e. The van der Waals surface area contributed by atoms with Crippen LogP contribution in [0.3, 0.4) is 0 Å². The third-order valence-electron chi connectivity index (χ3n) is 1.66. The smallest absolute Gasteiger partial charge is 0.0900 e. The van der Waals surface area contributed by atoms with Gasteiger partial charge in [-0.05, 0) is 27.2 Å². The average Bonchev–Trinajstić information content (AvgIpc) is 2.62. The lowest BCUT2D eigenvalue weighted by atomic mass is 10.3. The molecule has 92 valence electrons. The molecule has 0 fully saturated rings. The van der Waals surface area contributed by atoms with Crippen LogP contribution in [0.4, 0.5) is 0 Å². The van der Waals surface area contributed by atoms with Crippen LogP contribution in [-0.2, 0) is 6.42 Å². The Morgan fingerprint density at radius 2 is 1.88 bits per heavy atom. The number of thiazole rings is 1. The Morgan fingerprint density at radius 3 is 2.00 bits per heavy atom. The molecule has 0 spiro atoms. The molecule has 1 aromatic heterocycles. The van der Waals surface area contributed by atoms with Crippen molar-refractivity contribution in [3.05, 3.63) is 40.4 Å². The van der Waals surface area contributed by atoms with Crippen molar-refractivity contribution in [2.45, 2.75) is 48.0 Å². The molecule has 0 amide bonds. The maximum absolute atomic E-state index is 4.35. The van der Waals surface area contributed by atoms with Gasteiger partial charge in [-0.2, -0.15) is 0 Å². The third-order valence-corrected chi connectivity index (χ3v) is 2.59. The largest absolute Gasteiger partial charge is 0.246 e. The van der Waals surface area contributed by atoms with Crippen molar-refractivity contribution >= 4 is 11.3 Å². The predicted octanol–water partition coefficient (Wildman–Crippen LogP) is 5.10. The first-order valence-corrected chi connectivity index (χ1v) is 6.63. The van der Waals surface area contributed by atoms with Gasteiger partial charge in [0.05, 0.1) is 10.7 Å². The van der Waals surface area contributed by atoms with Crippen molar-refractivity contribution in [1.29, 1.82) is 0 Å². The van der Waals surface area contributed by atoms with E-state index in [1.807, 2.05) is 32.9 Å². The topological polar surface area (TPSA) is 12.9 Å². The molecule has 0 radical (unpaired) electrons. The minimum absolute atomic E-state index is 1.07. The summed E-state index contributed by atoms with van der Waals surface area (Å²) < 4.78 is 0. The van der Waals surface area contributed by atoms with Gasteiger partial charge < -0.3 is 0 Å². The molecule has 0 atom stereocenters. The fourth-order valence-corrected chi connectivity index (χ4v) is 1.94. The van der Waals surface area contributed by atoms with Crippen molar-refractivity contribution < 1.29 is 0 Å². The van der Waals surface area contributed by atoms with E-state index in [0.29, 0.717) is 0 Å². The Labute approximate surface area is 105 Å². The Kier molecular flexibility index (Phi) is 13.3. The van der Waals surface area contributed by atoms with Crippen LogP contribution in [0.25, 0.3) is 0 Å². The van der Waals surface area contributed by atoms with Crippen molar-refractivity contribution in [2.24, 2.45) is 0 Å². The minimum Gasteiger partial charge on any atom is -0.246 e. The quantitative estimate of drug-likeness (QED) is 0.654. The number of aryl methyl sites for hydroxylation is 3. The monoisotopic (exact) mass is 239 g/mol. The summed E-state index contributed by atoms with van der Waals surface area (Å²) in [5.74, 6) is 0. The molecule has 16 heavy (non-hydrogen) atoms. The number of aromatic nitrogens is 1. The van der Waals surface area contributed by atoms with Crippen LogP contribution < -0.4 is 0 Å². The van der Waals surface area contributed by atoms with Crippen molar-refractivity contribution in [1.82, 2.24) is 4.98 Å². The lowest BCUT2D eigenvalue weighted by Gasteiger charge is -1.85. The molecule has 1 rings (SSSR count). The lowest BCUT2D eigenvalue weighted by Crippen LogP contribution is -1.81. The van der Waals surface area contributed by atoms with Crippen LogP contribution in [0, 0.1) is 13.8 Å². The maximum atomic E-state index is 4.35. The second kappa shape index (κ2) is 12.2. The van der Waals surface area contributed by atoms with Gasteiger partial charge in [-0.15, -0.1) is 11.3 Å². The highest BCUT2D eigenvalue weighted by Gasteiger charge is 1.99. The van der Waals surface area contributed by atoms with Gasteiger partial charge >= 0.3 is 0 Å². The molecule has 1 nitrogen and oxygen atoms in total. The van der Waals surface area contributed by atoms with Crippen LogP contribution in [0.5, 0.6) is 0 Å². The van der Waals surface area contributed by atoms with Crippen LogP contribution in [0.2, 0.25) is 0 Å². The first kappa shape index (κ1) is 17.5. The summed E-state index contributed by atoms with van der Waals surface area (Å²) in [7, 11) is 0. The number of allylic oxidation sites excluding steroid dienone is 3. The Bertz CT molecular complexity index is 298. The van der Waals surface area contributed by atoms with Crippen molar-refractivity contribution in [2.75, 3.05) is 0 Å². The summed E-state index contributed by atoms with van der Waals surface area (Å²) in [5.41, 5.74) is 1.26. The molecule has 0 saturated heterocycles. The zero-order valence-electron chi connectivity index (χ0n) is 11.5. The molecule has 0 N–H and O–H groups in total. The molecule has 1 aromatic rings. The standard InChI is InChI=1S/C7H11NS.C5H8.C2H6/c1-4-7-5(2)9-6(3)8-7;1-3-5-4-2;1-2/h4H2,1-3H3;3-5H,1H2,2H3;1-2H3/b;5-4-;. The minimum atomic E-state index is 1.07. The number of rotatable bonds is 2. The molecule has 0 aliphatic heterocycles. The van der Waals surface area contributed by atoms with E-state index in [2.05, 4.69) is 32.3 Å². The van der Waals surface area contributed by atoms with Crippen molar-refractivity contribution in [3.63, 3.8) is 0 Å². The zero-order chi connectivity index (χ0) is 13.0. The van der Waals surface area contributed by atoms with E-state index in [9.17, 15) is 0 Å². The average molecular weight is 239 g/mol. The second-order valence-corrected chi connectivity index (χ2v) is 4.26.